The summed E-state index contributed by atoms with van der Waals surface area (Å²) < 4.78 is 10.6. The van der Waals surface area contributed by atoms with Gasteiger partial charge in [-0.25, -0.2) is 4.79 Å². The number of fused-ring (bicyclic) bond motifs is 1. The number of para-hydroxylation sites is 1. The molecule has 150 valence electrons. The van der Waals surface area contributed by atoms with E-state index < -0.39 is 23.4 Å². The normalized spacial score (nSPS) is 20.0. The van der Waals surface area contributed by atoms with Crippen LogP contribution in [0.5, 0.6) is 11.5 Å². The SMILES string of the molecule is CSc1ccccc1NC(=O)CN1C(=O)N[C@](C)(c2ccc3c(c2)OCO3)C1=O. The molecule has 1 atom stereocenters. The molecule has 0 spiro atoms. The third-order valence-electron chi connectivity index (χ3n) is 4.91. The monoisotopic (exact) mass is 413 g/mol. The van der Waals surface area contributed by atoms with Gasteiger partial charge in [0, 0.05) is 4.90 Å². The largest absolute Gasteiger partial charge is 0.454 e. The molecule has 2 aliphatic rings. The highest BCUT2D eigenvalue weighted by Crippen LogP contribution is 2.37. The number of rotatable bonds is 5. The molecule has 1 fully saturated rings. The Balaban J connectivity index is 1.51. The molecule has 0 bridgehead atoms. The summed E-state index contributed by atoms with van der Waals surface area (Å²) in [5.74, 6) is 0.132. The molecule has 0 aromatic heterocycles. The van der Waals surface area contributed by atoms with Crippen LogP contribution in [0, 0.1) is 0 Å². The molecule has 2 aromatic rings. The summed E-state index contributed by atoms with van der Waals surface area (Å²) in [6.45, 7) is 1.33. The Morgan fingerprint density at radius 2 is 1.97 bits per heavy atom. The predicted octanol–water partition coefficient (Wildman–Crippen LogP) is 2.54. The summed E-state index contributed by atoms with van der Waals surface area (Å²) in [4.78, 5) is 39.8. The van der Waals surface area contributed by atoms with Crippen LogP contribution in [0.1, 0.15) is 12.5 Å². The van der Waals surface area contributed by atoms with Gasteiger partial charge in [0.25, 0.3) is 5.91 Å². The third kappa shape index (κ3) is 3.38. The van der Waals surface area contributed by atoms with E-state index in [4.69, 9.17) is 9.47 Å². The highest BCUT2D eigenvalue weighted by molar-refractivity contribution is 7.98. The van der Waals surface area contributed by atoms with E-state index in [0.29, 0.717) is 22.7 Å². The van der Waals surface area contributed by atoms with Gasteiger partial charge < -0.3 is 20.1 Å². The first-order valence-electron chi connectivity index (χ1n) is 8.89. The van der Waals surface area contributed by atoms with Gasteiger partial charge in [0.15, 0.2) is 11.5 Å². The first-order chi connectivity index (χ1) is 13.9. The zero-order valence-corrected chi connectivity index (χ0v) is 16.7. The summed E-state index contributed by atoms with van der Waals surface area (Å²) in [6.07, 6.45) is 1.90. The number of urea groups is 1. The summed E-state index contributed by atoms with van der Waals surface area (Å²) >= 11 is 1.49. The number of anilines is 1. The Morgan fingerprint density at radius 1 is 1.21 bits per heavy atom. The van der Waals surface area contributed by atoms with Crippen molar-refractivity contribution in [3.05, 3.63) is 48.0 Å². The van der Waals surface area contributed by atoms with Crippen LogP contribution < -0.4 is 20.1 Å². The molecule has 8 nitrogen and oxygen atoms in total. The van der Waals surface area contributed by atoms with Crippen molar-refractivity contribution >= 4 is 35.3 Å². The van der Waals surface area contributed by atoms with Gasteiger partial charge in [0.1, 0.15) is 12.1 Å². The predicted molar refractivity (Wildman–Crippen MR) is 107 cm³/mol. The van der Waals surface area contributed by atoms with Crippen LogP contribution in [0.25, 0.3) is 0 Å². The fraction of sp³-hybridized carbons (Fsp3) is 0.250. The minimum absolute atomic E-state index is 0.111. The zero-order chi connectivity index (χ0) is 20.6. The van der Waals surface area contributed by atoms with Crippen LogP contribution >= 0.6 is 11.8 Å². The Kier molecular flexibility index (Phi) is 4.83. The fourth-order valence-electron chi connectivity index (χ4n) is 3.33. The third-order valence-corrected chi connectivity index (χ3v) is 5.70. The second-order valence-corrected chi connectivity index (χ2v) is 7.61. The van der Waals surface area contributed by atoms with Crippen molar-refractivity contribution in [2.45, 2.75) is 17.4 Å². The number of benzene rings is 2. The van der Waals surface area contributed by atoms with Crippen molar-refractivity contribution in [2.75, 3.05) is 24.9 Å². The van der Waals surface area contributed by atoms with Gasteiger partial charge >= 0.3 is 6.03 Å². The molecule has 2 aliphatic heterocycles. The number of hydrogen-bond acceptors (Lipinski definition) is 6. The molecule has 4 amide bonds. The van der Waals surface area contributed by atoms with Gasteiger partial charge in [-0.05, 0) is 43.0 Å². The highest BCUT2D eigenvalue weighted by Gasteiger charge is 2.49. The minimum Gasteiger partial charge on any atom is -0.454 e. The van der Waals surface area contributed by atoms with E-state index in [-0.39, 0.29) is 13.3 Å². The molecule has 2 N–H and O–H groups in total. The van der Waals surface area contributed by atoms with E-state index in [1.165, 1.54) is 11.8 Å². The first-order valence-corrected chi connectivity index (χ1v) is 10.1. The van der Waals surface area contributed by atoms with Crippen molar-refractivity contribution in [3.8, 4) is 11.5 Å². The number of carbonyl (C=O) groups excluding carboxylic acids is 3. The standard InChI is InChI=1S/C20H19N3O5S/c1-20(12-7-8-14-15(9-12)28-11-27-14)18(25)23(19(26)22-20)10-17(24)21-13-5-3-4-6-16(13)29-2/h3-9H,10-11H2,1-2H3,(H,21,24)(H,22,26)/t20-/m1/s1. The average molecular weight is 413 g/mol. The van der Waals surface area contributed by atoms with Crippen LogP contribution in [0.3, 0.4) is 0 Å². The molecule has 4 rings (SSSR count). The zero-order valence-electron chi connectivity index (χ0n) is 15.9. The second-order valence-electron chi connectivity index (χ2n) is 6.76. The van der Waals surface area contributed by atoms with E-state index in [9.17, 15) is 14.4 Å². The van der Waals surface area contributed by atoms with Gasteiger partial charge in [0.2, 0.25) is 12.7 Å². The van der Waals surface area contributed by atoms with E-state index in [2.05, 4.69) is 10.6 Å². The van der Waals surface area contributed by atoms with Crippen molar-refractivity contribution in [1.29, 1.82) is 0 Å². The molecule has 0 unspecified atom stereocenters. The quantitative estimate of drug-likeness (QED) is 0.578. The smallest absolute Gasteiger partial charge is 0.325 e. The molecule has 0 radical (unpaired) electrons. The van der Waals surface area contributed by atoms with E-state index in [1.54, 1.807) is 37.3 Å². The topological polar surface area (TPSA) is 97.0 Å². The van der Waals surface area contributed by atoms with Gasteiger partial charge in [-0.1, -0.05) is 18.2 Å². The van der Waals surface area contributed by atoms with E-state index >= 15 is 0 Å². The van der Waals surface area contributed by atoms with Crippen LogP contribution in [-0.2, 0) is 15.1 Å². The number of amides is 4. The Hall–Kier alpha value is -3.20. The molecular formula is C20H19N3O5S. The number of nitrogens with one attached hydrogen (secondary N) is 2. The molecule has 9 heteroatoms. The summed E-state index contributed by atoms with van der Waals surface area (Å²) in [5, 5.41) is 5.45. The molecule has 2 heterocycles. The Labute approximate surface area is 171 Å². The second kappa shape index (κ2) is 7.32. The maximum absolute atomic E-state index is 13.0. The first kappa shape index (κ1) is 19.1. The lowest BCUT2D eigenvalue weighted by molar-refractivity contribution is -0.133. The molecule has 29 heavy (non-hydrogen) atoms. The molecule has 2 aromatic carbocycles. The average Bonchev–Trinajstić information content (AvgIpc) is 3.27. The maximum atomic E-state index is 13.0. The summed E-state index contributed by atoms with van der Waals surface area (Å²) in [6, 6.07) is 11.8. The molecule has 1 saturated heterocycles. The molecule has 0 aliphatic carbocycles. The maximum Gasteiger partial charge on any atom is 0.325 e. The van der Waals surface area contributed by atoms with Crippen molar-refractivity contribution in [1.82, 2.24) is 10.2 Å². The van der Waals surface area contributed by atoms with Crippen LogP contribution in [-0.4, -0.2) is 42.3 Å². The van der Waals surface area contributed by atoms with E-state index in [1.807, 2.05) is 18.4 Å². The lowest BCUT2D eigenvalue weighted by atomic mass is 9.91. The van der Waals surface area contributed by atoms with E-state index in [0.717, 1.165) is 9.80 Å². The van der Waals surface area contributed by atoms with Crippen molar-refractivity contribution < 1.29 is 23.9 Å². The van der Waals surface area contributed by atoms with Crippen LogP contribution in [0.4, 0.5) is 10.5 Å². The number of carbonyl (C=O) groups is 3. The van der Waals surface area contributed by atoms with Gasteiger partial charge in [0.05, 0.1) is 5.69 Å². The molecular weight excluding hydrogens is 394 g/mol. The van der Waals surface area contributed by atoms with Gasteiger partial charge in [-0.15, -0.1) is 11.8 Å². The number of hydrogen-bond donors (Lipinski definition) is 2. The lowest BCUT2D eigenvalue weighted by Crippen LogP contribution is -2.42. The van der Waals surface area contributed by atoms with Crippen LogP contribution in [0.15, 0.2) is 47.4 Å². The number of thioether (sulfide) groups is 1. The van der Waals surface area contributed by atoms with Gasteiger partial charge in [-0.2, -0.15) is 0 Å². The van der Waals surface area contributed by atoms with Crippen LogP contribution in [0.2, 0.25) is 0 Å². The summed E-state index contributed by atoms with van der Waals surface area (Å²) in [5.41, 5.74) is -0.110. The lowest BCUT2D eigenvalue weighted by Gasteiger charge is -2.22. The molecule has 0 saturated carbocycles. The van der Waals surface area contributed by atoms with Crippen molar-refractivity contribution in [2.24, 2.45) is 0 Å². The van der Waals surface area contributed by atoms with Crippen molar-refractivity contribution in [3.63, 3.8) is 0 Å². The minimum atomic E-state index is -1.30. The fourth-order valence-corrected chi connectivity index (χ4v) is 3.88. The highest BCUT2D eigenvalue weighted by atomic mass is 32.2. The Bertz CT molecular complexity index is 1010. The Morgan fingerprint density at radius 3 is 2.76 bits per heavy atom. The number of ether oxygens (including phenoxy) is 2. The number of imide groups is 1. The number of nitrogens with zero attached hydrogens (tertiary/aromatic N) is 1. The summed E-state index contributed by atoms with van der Waals surface area (Å²) in [7, 11) is 0. The van der Waals surface area contributed by atoms with Gasteiger partial charge in [-0.3, -0.25) is 14.5 Å².